The Balaban J connectivity index is 1.35. The molecule has 1 saturated carbocycles. The second-order valence-electron chi connectivity index (χ2n) is 9.05. The van der Waals surface area contributed by atoms with E-state index in [1.54, 1.807) is 18.2 Å². The van der Waals surface area contributed by atoms with Crippen LogP contribution in [0.25, 0.3) is 0 Å². The number of carboxylic acid groups (broad SMARTS) is 1. The molecule has 0 bridgehead atoms. The Kier molecular flexibility index (Phi) is 7.08. The fourth-order valence-electron chi connectivity index (χ4n) is 4.67. The molecular weight excluding hydrogens is 496 g/mol. The molecule has 192 valence electrons. The van der Waals surface area contributed by atoms with Crippen molar-refractivity contribution < 1.29 is 28.9 Å². The topological polar surface area (TPSA) is 154 Å². The molecule has 12 heteroatoms. The van der Waals surface area contributed by atoms with Gasteiger partial charge in [0.05, 0.1) is 11.7 Å². The highest BCUT2D eigenvalue weighted by molar-refractivity contribution is 8.00. The quantitative estimate of drug-likeness (QED) is 0.208. The maximum atomic E-state index is 13.3. The summed E-state index contributed by atoms with van der Waals surface area (Å²) in [6.07, 6.45) is 7.30. The summed E-state index contributed by atoms with van der Waals surface area (Å²) in [4.78, 5) is 49.4. The molecule has 2 atom stereocenters. The number of thioether (sulfide) groups is 1. The van der Waals surface area contributed by atoms with Crippen molar-refractivity contribution in [1.29, 1.82) is 0 Å². The predicted molar refractivity (Wildman–Crippen MR) is 132 cm³/mol. The summed E-state index contributed by atoms with van der Waals surface area (Å²) in [5.41, 5.74) is 6.34. The van der Waals surface area contributed by atoms with E-state index in [1.165, 1.54) is 16.7 Å². The third kappa shape index (κ3) is 5.15. The number of rotatable bonds is 8. The predicted octanol–water partition coefficient (Wildman–Crippen LogP) is -0.281. The molecule has 37 heavy (non-hydrogen) atoms. The van der Waals surface area contributed by atoms with Crippen LogP contribution in [0.2, 0.25) is 0 Å². The van der Waals surface area contributed by atoms with Gasteiger partial charge in [-0.1, -0.05) is 17.3 Å². The van der Waals surface area contributed by atoms with Crippen LogP contribution < -0.4 is 20.7 Å². The number of nitrogens with two attached hydrogens (primary N) is 1. The number of carbonyl (C=O) groups excluding carboxylic acids is 3. The zero-order valence-corrected chi connectivity index (χ0v) is 20.7. The second-order valence-corrected chi connectivity index (χ2v) is 10.2. The number of amides is 2. The summed E-state index contributed by atoms with van der Waals surface area (Å²) in [6.45, 7) is 0.307. The molecule has 3 N–H and O–H groups in total. The molecule has 2 amide bonds. The van der Waals surface area contributed by atoms with E-state index in [9.17, 15) is 19.5 Å². The van der Waals surface area contributed by atoms with Gasteiger partial charge in [0.25, 0.3) is 11.8 Å². The van der Waals surface area contributed by atoms with E-state index >= 15 is 0 Å². The maximum absolute atomic E-state index is 13.3. The monoisotopic (exact) mass is 522 g/mol. The normalized spacial score (nSPS) is 21.9. The van der Waals surface area contributed by atoms with Gasteiger partial charge in [-0.05, 0) is 37.8 Å². The van der Waals surface area contributed by atoms with Crippen LogP contribution >= 0.6 is 11.8 Å². The van der Waals surface area contributed by atoms with E-state index in [-0.39, 0.29) is 29.0 Å². The lowest BCUT2D eigenvalue weighted by Gasteiger charge is -2.50. The number of hydrogen-bond acceptors (Lipinski definition) is 9. The van der Waals surface area contributed by atoms with Crippen molar-refractivity contribution in [3.8, 4) is 0 Å². The van der Waals surface area contributed by atoms with Crippen LogP contribution in [0.5, 0.6) is 0 Å². The Morgan fingerprint density at radius 2 is 1.97 bits per heavy atom. The van der Waals surface area contributed by atoms with Crippen molar-refractivity contribution >= 4 is 41.1 Å². The minimum atomic E-state index is -1.42. The molecule has 1 saturated heterocycles. The number of carboxylic acids is 1. The zero-order valence-electron chi connectivity index (χ0n) is 19.9. The summed E-state index contributed by atoms with van der Waals surface area (Å²) in [7, 11) is 0. The van der Waals surface area contributed by atoms with E-state index < -0.39 is 29.2 Å². The maximum Gasteiger partial charge on any atom is 0.276 e. The Morgan fingerprint density at radius 1 is 1.22 bits per heavy atom. The third-order valence-corrected chi connectivity index (χ3v) is 7.84. The van der Waals surface area contributed by atoms with E-state index in [0.717, 1.165) is 25.7 Å². The molecular formula is C25H26N6O5S. The largest absolute Gasteiger partial charge is 0.543 e. The summed E-state index contributed by atoms with van der Waals surface area (Å²) in [6, 6.07) is 9.41. The molecule has 11 nitrogen and oxygen atoms in total. The van der Waals surface area contributed by atoms with E-state index in [1.807, 2.05) is 35.2 Å². The minimum Gasteiger partial charge on any atom is -0.543 e. The highest BCUT2D eigenvalue weighted by Gasteiger charge is 2.53. The first-order valence-electron chi connectivity index (χ1n) is 12.0. The number of aromatic nitrogens is 2. The molecule has 1 unspecified atom stereocenters. The number of aliphatic carboxylic acids is 1. The molecule has 0 aromatic carbocycles. The van der Waals surface area contributed by atoms with Gasteiger partial charge >= 0.3 is 0 Å². The number of nitrogens with zero attached hydrogens (tertiary/aromatic N) is 4. The van der Waals surface area contributed by atoms with Gasteiger partial charge in [0.2, 0.25) is 0 Å². The molecule has 0 radical (unpaired) electrons. The molecule has 4 heterocycles. The SMILES string of the molecule is Nc1cccc(C(=NOC2CCCC2)C(=O)NC2C(=O)N3C(C(=O)[O-])=C(C[n+]4ccccc4)CS[C@H]23)n1. The van der Waals surface area contributed by atoms with Crippen LogP contribution in [0.1, 0.15) is 31.4 Å². The molecule has 2 fully saturated rings. The van der Waals surface area contributed by atoms with Crippen LogP contribution in [-0.2, 0) is 25.8 Å². The Hall–Kier alpha value is -3.93. The zero-order chi connectivity index (χ0) is 25.9. The number of oxime groups is 1. The molecule has 0 spiro atoms. The average Bonchev–Trinajstić information content (AvgIpc) is 3.41. The van der Waals surface area contributed by atoms with Crippen molar-refractivity contribution in [3.05, 3.63) is 65.8 Å². The highest BCUT2D eigenvalue weighted by atomic mass is 32.2. The van der Waals surface area contributed by atoms with Gasteiger partial charge in [0.1, 0.15) is 29.0 Å². The van der Waals surface area contributed by atoms with E-state index in [0.29, 0.717) is 17.9 Å². The van der Waals surface area contributed by atoms with Crippen molar-refractivity contribution in [2.24, 2.45) is 5.16 Å². The van der Waals surface area contributed by atoms with Gasteiger partial charge in [-0.25, -0.2) is 9.55 Å². The minimum absolute atomic E-state index is 0.0877. The molecule has 5 rings (SSSR count). The van der Waals surface area contributed by atoms with Gasteiger partial charge in [-0.15, -0.1) is 11.8 Å². The lowest BCUT2D eigenvalue weighted by molar-refractivity contribution is -0.689. The first-order valence-corrected chi connectivity index (χ1v) is 13.1. The number of pyridine rings is 2. The summed E-state index contributed by atoms with van der Waals surface area (Å²) < 4.78 is 1.83. The van der Waals surface area contributed by atoms with Crippen molar-refractivity contribution in [1.82, 2.24) is 15.2 Å². The summed E-state index contributed by atoms with van der Waals surface area (Å²) >= 11 is 1.38. The molecule has 1 aliphatic carbocycles. The van der Waals surface area contributed by atoms with Crippen LogP contribution in [0.3, 0.4) is 0 Å². The van der Waals surface area contributed by atoms with E-state index in [2.05, 4.69) is 15.5 Å². The highest BCUT2D eigenvalue weighted by Crippen LogP contribution is 2.40. The number of anilines is 1. The number of β-lactam (4-membered cyclic amide) rings is 1. The Morgan fingerprint density at radius 3 is 2.68 bits per heavy atom. The molecule has 2 aromatic rings. The smallest absolute Gasteiger partial charge is 0.276 e. The second kappa shape index (κ2) is 10.6. The standard InChI is InChI=1S/C25H26N6O5S/c26-18-10-6-9-17(27-18)19(29-36-16-7-2-3-8-16)22(32)28-20-23(33)31-21(25(34)35)15(14-37-24(20)31)13-30-11-4-1-5-12-30/h1,4-6,9-12,16,20,24H,2-3,7-8,13-14H2,(H3-,26,27,28,32,34,35)/t20?,24-/m1/s1. The summed E-state index contributed by atoms with van der Waals surface area (Å²) in [5.74, 6) is -2.03. The molecule has 3 aliphatic rings. The molecule has 2 aromatic heterocycles. The van der Waals surface area contributed by atoms with Crippen LogP contribution in [0, 0.1) is 0 Å². The number of nitrogens with one attached hydrogen (secondary N) is 1. The Bertz CT molecular complexity index is 1280. The van der Waals surface area contributed by atoms with E-state index in [4.69, 9.17) is 10.6 Å². The fourth-order valence-corrected chi connectivity index (χ4v) is 6.01. The molecule has 2 aliphatic heterocycles. The van der Waals surface area contributed by atoms with Crippen molar-refractivity contribution in [2.75, 3.05) is 11.5 Å². The summed E-state index contributed by atoms with van der Waals surface area (Å²) in [5, 5.41) is 18.2. The number of nitrogen functional groups attached to an aromatic ring is 1. The van der Waals surface area contributed by atoms with Crippen LogP contribution in [-0.4, -0.2) is 56.7 Å². The first-order chi connectivity index (χ1) is 17.9. The van der Waals surface area contributed by atoms with Gasteiger partial charge in [-0.3, -0.25) is 14.5 Å². The lowest BCUT2D eigenvalue weighted by atomic mass is 10.0. The third-order valence-electron chi connectivity index (χ3n) is 6.50. The van der Waals surface area contributed by atoms with Crippen molar-refractivity contribution in [2.45, 2.75) is 49.7 Å². The fraction of sp³-hybridized carbons (Fsp3) is 0.360. The first kappa shape index (κ1) is 24.8. The number of hydrogen-bond donors (Lipinski definition) is 2. The number of fused-ring (bicyclic) bond motifs is 1. The van der Waals surface area contributed by atoms with Gasteiger partial charge in [0, 0.05) is 23.5 Å². The van der Waals surface area contributed by atoms with Crippen LogP contribution in [0.4, 0.5) is 5.82 Å². The number of carbonyl (C=O) groups is 3. The van der Waals surface area contributed by atoms with Crippen LogP contribution in [0.15, 0.2) is 65.2 Å². The average molecular weight is 523 g/mol. The van der Waals surface area contributed by atoms with Gasteiger partial charge in [0.15, 0.2) is 24.7 Å². The van der Waals surface area contributed by atoms with Crippen molar-refractivity contribution in [3.63, 3.8) is 0 Å². The van der Waals surface area contributed by atoms with Gasteiger partial charge < -0.3 is 25.8 Å². The Labute approximate surface area is 217 Å². The van der Waals surface area contributed by atoms with Gasteiger partial charge in [-0.2, -0.15) is 0 Å². The lowest BCUT2D eigenvalue weighted by Crippen LogP contribution is -2.71.